The lowest BCUT2D eigenvalue weighted by molar-refractivity contribution is -0.123. The first-order valence-corrected chi connectivity index (χ1v) is 13.4. The monoisotopic (exact) mass is 580 g/mol. The first-order valence-electron chi connectivity index (χ1n) is 11.3. The molecule has 1 aliphatic rings. The largest absolute Gasteiger partial charge is 0.484 e. The van der Waals surface area contributed by atoms with Gasteiger partial charge >= 0.3 is 0 Å². The number of nitrogens with one attached hydrogen (secondary N) is 1. The van der Waals surface area contributed by atoms with Crippen molar-refractivity contribution in [3.05, 3.63) is 98.4 Å². The molecule has 3 aromatic carbocycles. The summed E-state index contributed by atoms with van der Waals surface area (Å²) in [7, 11) is 0. The third-order valence-electron chi connectivity index (χ3n) is 5.78. The van der Waals surface area contributed by atoms with Crippen molar-refractivity contribution in [3.63, 3.8) is 0 Å². The minimum atomic E-state index is -0.246. The number of aryl methyl sites for hydroxylation is 2. The van der Waals surface area contributed by atoms with Gasteiger partial charge in [-0.3, -0.25) is 14.5 Å². The summed E-state index contributed by atoms with van der Waals surface area (Å²) in [4.78, 5) is 27.9. The van der Waals surface area contributed by atoms with E-state index < -0.39 is 0 Å². The molecular formula is C28H25BrN2O3S2. The molecule has 0 radical (unpaired) electrons. The lowest BCUT2D eigenvalue weighted by Gasteiger charge is -2.23. The molecule has 5 nitrogen and oxygen atoms in total. The minimum Gasteiger partial charge on any atom is -0.484 e. The molecule has 1 saturated heterocycles. The van der Waals surface area contributed by atoms with Crippen LogP contribution < -0.4 is 10.1 Å². The van der Waals surface area contributed by atoms with Gasteiger partial charge in [-0.25, -0.2) is 0 Å². The second kappa shape index (κ2) is 11.4. The highest BCUT2D eigenvalue weighted by atomic mass is 79.9. The Labute approximate surface area is 229 Å². The van der Waals surface area contributed by atoms with Crippen molar-refractivity contribution in [3.8, 4) is 5.75 Å². The van der Waals surface area contributed by atoms with Crippen molar-refractivity contribution in [2.24, 2.45) is 0 Å². The standard InChI is InChI=1S/C28H25BrN2O3S2/c1-17-12-22(29)13-18(2)26(17)30-25(32)16-34-23-11-7-8-20(14-23)15-24-27(33)31(28(35)36-24)19(3)21-9-5-4-6-10-21/h4-15,19H,16H2,1-3H3,(H,30,32)/b24-15-/t19-/m1/s1. The molecule has 2 amide bonds. The number of thiocarbonyl (C=S) groups is 1. The number of thioether (sulfide) groups is 1. The van der Waals surface area contributed by atoms with Gasteiger partial charge in [-0.1, -0.05) is 82.4 Å². The summed E-state index contributed by atoms with van der Waals surface area (Å²) < 4.78 is 7.24. The van der Waals surface area contributed by atoms with Gasteiger partial charge in [0.05, 0.1) is 10.9 Å². The van der Waals surface area contributed by atoms with Gasteiger partial charge in [0.25, 0.3) is 11.8 Å². The van der Waals surface area contributed by atoms with E-state index >= 15 is 0 Å². The normalized spacial score (nSPS) is 15.3. The van der Waals surface area contributed by atoms with E-state index in [2.05, 4.69) is 21.2 Å². The molecule has 1 heterocycles. The number of nitrogens with zero attached hydrogens (tertiary/aromatic N) is 1. The van der Waals surface area contributed by atoms with E-state index in [0.717, 1.165) is 32.4 Å². The summed E-state index contributed by atoms with van der Waals surface area (Å²) in [6, 6.07) is 20.9. The smallest absolute Gasteiger partial charge is 0.266 e. The van der Waals surface area contributed by atoms with Gasteiger partial charge in [0.2, 0.25) is 0 Å². The van der Waals surface area contributed by atoms with E-state index in [0.29, 0.717) is 15.0 Å². The molecule has 0 bridgehead atoms. The van der Waals surface area contributed by atoms with Crippen molar-refractivity contribution in [2.45, 2.75) is 26.8 Å². The average Bonchev–Trinajstić information content (AvgIpc) is 3.12. The summed E-state index contributed by atoms with van der Waals surface area (Å²) in [5.74, 6) is 0.174. The summed E-state index contributed by atoms with van der Waals surface area (Å²) in [6.45, 7) is 5.73. The van der Waals surface area contributed by atoms with E-state index in [-0.39, 0.29) is 24.5 Å². The topological polar surface area (TPSA) is 58.6 Å². The third kappa shape index (κ3) is 6.06. The molecule has 1 N–H and O–H groups in total. The SMILES string of the molecule is Cc1cc(Br)cc(C)c1NC(=O)COc1cccc(/C=C2\SC(=S)N([C@H](C)c3ccccc3)C2=O)c1. The number of benzene rings is 3. The molecule has 184 valence electrons. The Bertz CT molecular complexity index is 1330. The Morgan fingerprint density at radius 3 is 2.50 bits per heavy atom. The Morgan fingerprint density at radius 1 is 1.11 bits per heavy atom. The molecule has 0 spiro atoms. The second-order valence-corrected chi connectivity index (χ2v) is 11.1. The maximum absolute atomic E-state index is 13.1. The van der Waals surface area contributed by atoms with Crippen molar-refractivity contribution < 1.29 is 14.3 Å². The minimum absolute atomic E-state index is 0.118. The Kier molecular flexibility index (Phi) is 8.28. The van der Waals surface area contributed by atoms with Gasteiger partial charge in [-0.2, -0.15) is 0 Å². The van der Waals surface area contributed by atoms with Crippen molar-refractivity contribution >= 4 is 67.8 Å². The molecule has 36 heavy (non-hydrogen) atoms. The van der Waals surface area contributed by atoms with Gasteiger partial charge < -0.3 is 10.1 Å². The van der Waals surface area contributed by atoms with E-state index in [9.17, 15) is 9.59 Å². The van der Waals surface area contributed by atoms with Crippen LogP contribution in [0.5, 0.6) is 5.75 Å². The zero-order valence-corrected chi connectivity index (χ0v) is 23.3. The van der Waals surface area contributed by atoms with Crippen LogP contribution in [0.3, 0.4) is 0 Å². The maximum Gasteiger partial charge on any atom is 0.266 e. The second-order valence-electron chi connectivity index (χ2n) is 8.46. The van der Waals surface area contributed by atoms with E-state index in [1.165, 1.54) is 11.8 Å². The number of ether oxygens (including phenoxy) is 1. The van der Waals surface area contributed by atoms with Crippen molar-refractivity contribution in [2.75, 3.05) is 11.9 Å². The van der Waals surface area contributed by atoms with Crippen LogP contribution in [0, 0.1) is 13.8 Å². The van der Waals surface area contributed by atoms with Crippen LogP contribution in [0.1, 0.15) is 35.2 Å². The number of rotatable bonds is 7. The number of anilines is 1. The average molecular weight is 582 g/mol. The number of amides is 2. The molecule has 4 rings (SSSR count). The fourth-order valence-corrected chi connectivity index (χ4v) is 6.08. The van der Waals surface area contributed by atoms with Gasteiger partial charge in [-0.05, 0) is 73.4 Å². The molecule has 1 fully saturated rings. The Balaban J connectivity index is 1.42. The molecule has 8 heteroatoms. The highest BCUT2D eigenvalue weighted by Gasteiger charge is 2.35. The Morgan fingerprint density at radius 2 is 1.81 bits per heavy atom. The van der Waals surface area contributed by atoms with Crippen LogP contribution in [0.2, 0.25) is 0 Å². The quantitative estimate of drug-likeness (QED) is 0.240. The zero-order valence-electron chi connectivity index (χ0n) is 20.1. The number of hydrogen-bond donors (Lipinski definition) is 1. The van der Waals surface area contributed by atoms with Gasteiger partial charge in [-0.15, -0.1) is 0 Å². The van der Waals surface area contributed by atoms with Crippen LogP contribution in [0.25, 0.3) is 6.08 Å². The van der Waals surface area contributed by atoms with Gasteiger partial charge in [0, 0.05) is 10.2 Å². The van der Waals surface area contributed by atoms with Crippen LogP contribution in [-0.2, 0) is 9.59 Å². The predicted molar refractivity (Wildman–Crippen MR) is 154 cm³/mol. The van der Waals surface area contributed by atoms with Crippen LogP contribution in [-0.4, -0.2) is 27.6 Å². The van der Waals surface area contributed by atoms with Gasteiger partial charge in [0.1, 0.15) is 10.1 Å². The van der Waals surface area contributed by atoms with E-state index in [1.54, 1.807) is 23.1 Å². The molecular weight excluding hydrogens is 556 g/mol. The summed E-state index contributed by atoms with van der Waals surface area (Å²) >= 11 is 10.3. The highest BCUT2D eigenvalue weighted by Crippen LogP contribution is 2.38. The fourth-order valence-electron chi connectivity index (χ4n) is 3.97. The van der Waals surface area contributed by atoms with Crippen LogP contribution in [0.15, 0.2) is 76.1 Å². The van der Waals surface area contributed by atoms with Crippen LogP contribution in [0.4, 0.5) is 5.69 Å². The molecule has 0 unspecified atom stereocenters. The van der Waals surface area contributed by atoms with E-state index in [1.807, 2.05) is 75.4 Å². The van der Waals surface area contributed by atoms with Gasteiger partial charge in [0.15, 0.2) is 6.61 Å². The number of carbonyl (C=O) groups excluding carboxylic acids is 2. The lowest BCUT2D eigenvalue weighted by Crippen LogP contribution is -2.30. The number of hydrogen-bond acceptors (Lipinski definition) is 5. The number of carbonyl (C=O) groups is 2. The Hall–Kier alpha value is -2.94. The molecule has 0 saturated carbocycles. The number of halogens is 1. The third-order valence-corrected chi connectivity index (χ3v) is 7.57. The summed E-state index contributed by atoms with van der Waals surface area (Å²) in [6.07, 6.45) is 1.80. The maximum atomic E-state index is 13.1. The summed E-state index contributed by atoms with van der Waals surface area (Å²) in [5.41, 5.74) is 4.54. The summed E-state index contributed by atoms with van der Waals surface area (Å²) in [5, 5.41) is 2.92. The molecule has 1 aliphatic heterocycles. The van der Waals surface area contributed by atoms with Crippen molar-refractivity contribution in [1.82, 2.24) is 4.90 Å². The molecule has 3 aromatic rings. The van der Waals surface area contributed by atoms with Crippen LogP contribution >= 0.6 is 39.9 Å². The predicted octanol–water partition coefficient (Wildman–Crippen LogP) is 7.05. The molecule has 0 aliphatic carbocycles. The molecule has 0 aromatic heterocycles. The zero-order chi connectivity index (χ0) is 25.8. The van der Waals surface area contributed by atoms with Crippen molar-refractivity contribution in [1.29, 1.82) is 0 Å². The first kappa shape index (κ1) is 26.1. The fraction of sp³-hybridized carbons (Fsp3) is 0.179. The highest BCUT2D eigenvalue weighted by molar-refractivity contribution is 9.10. The first-order chi connectivity index (χ1) is 17.2. The molecule has 1 atom stereocenters. The lowest BCUT2D eigenvalue weighted by atomic mass is 10.1. The van der Waals surface area contributed by atoms with E-state index in [4.69, 9.17) is 17.0 Å².